The summed E-state index contributed by atoms with van der Waals surface area (Å²) in [6, 6.07) is 16.8. The van der Waals surface area contributed by atoms with Crippen LogP contribution in [0.15, 0.2) is 63.8 Å². The van der Waals surface area contributed by atoms with Crippen molar-refractivity contribution in [2.75, 3.05) is 0 Å². The first-order chi connectivity index (χ1) is 12.5. The summed E-state index contributed by atoms with van der Waals surface area (Å²) in [5.41, 5.74) is 2.12. The molecular weight excluding hydrogens is 330 g/mol. The van der Waals surface area contributed by atoms with Crippen molar-refractivity contribution in [2.24, 2.45) is 7.05 Å². The Morgan fingerprint density at radius 3 is 2.58 bits per heavy atom. The van der Waals surface area contributed by atoms with Crippen molar-refractivity contribution in [3.8, 4) is 0 Å². The zero-order valence-corrected chi connectivity index (χ0v) is 14.6. The summed E-state index contributed by atoms with van der Waals surface area (Å²) in [6.07, 6.45) is 0. The van der Waals surface area contributed by atoms with E-state index in [2.05, 4.69) is 5.32 Å². The number of amides is 1. The monoisotopic (exact) mass is 349 g/mol. The summed E-state index contributed by atoms with van der Waals surface area (Å²) in [5, 5.41) is 3.90. The standard InChI is InChI=1S/C20H19N3O3/c1-13(18-11-14-7-3-6-10-17(14)26-18)21-19(24)12-23-16-9-5-4-8-15(16)22(2)20(23)25/h3-11,13H,12H2,1-2H3,(H,21,24)/t13-/m0/s1. The van der Waals surface area contributed by atoms with Crippen LogP contribution in [0, 0.1) is 0 Å². The first-order valence-electron chi connectivity index (χ1n) is 8.46. The second kappa shape index (κ2) is 6.22. The van der Waals surface area contributed by atoms with Gasteiger partial charge >= 0.3 is 5.69 Å². The van der Waals surface area contributed by atoms with Crippen LogP contribution in [0.3, 0.4) is 0 Å². The van der Waals surface area contributed by atoms with Gasteiger partial charge in [-0.25, -0.2) is 4.79 Å². The van der Waals surface area contributed by atoms with Crippen LogP contribution in [0.1, 0.15) is 18.7 Å². The number of hydrogen-bond acceptors (Lipinski definition) is 3. The van der Waals surface area contributed by atoms with E-state index in [4.69, 9.17) is 4.42 Å². The van der Waals surface area contributed by atoms with Gasteiger partial charge in [-0.05, 0) is 31.2 Å². The minimum atomic E-state index is -0.291. The fourth-order valence-corrected chi connectivity index (χ4v) is 3.23. The molecule has 1 amide bonds. The molecule has 2 heterocycles. The Kier molecular flexibility index (Phi) is 3.88. The Balaban J connectivity index is 1.56. The number of imidazole rings is 1. The quantitative estimate of drug-likeness (QED) is 0.616. The van der Waals surface area contributed by atoms with E-state index in [1.165, 1.54) is 4.57 Å². The summed E-state index contributed by atoms with van der Waals surface area (Å²) in [4.78, 5) is 24.9. The van der Waals surface area contributed by atoms with Crippen LogP contribution in [0.25, 0.3) is 22.0 Å². The third-order valence-electron chi connectivity index (χ3n) is 4.60. The normalized spacial score (nSPS) is 12.5. The maximum Gasteiger partial charge on any atom is 0.329 e. The molecule has 6 heteroatoms. The van der Waals surface area contributed by atoms with Crippen LogP contribution in [-0.4, -0.2) is 15.0 Å². The molecule has 0 saturated carbocycles. The van der Waals surface area contributed by atoms with Crippen molar-refractivity contribution >= 4 is 27.9 Å². The molecule has 0 saturated heterocycles. The number of carbonyl (C=O) groups excluding carboxylic acids is 1. The third kappa shape index (κ3) is 2.69. The van der Waals surface area contributed by atoms with Gasteiger partial charge in [0.05, 0.1) is 17.1 Å². The molecule has 4 rings (SSSR count). The summed E-state index contributed by atoms with van der Waals surface area (Å²) >= 11 is 0. The van der Waals surface area contributed by atoms with E-state index < -0.39 is 0 Å². The Morgan fingerprint density at radius 2 is 1.81 bits per heavy atom. The summed E-state index contributed by atoms with van der Waals surface area (Å²) in [6.45, 7) is 1.83. The molecule has 0 aliphatic rings. The van der Waals surface area contributed by atoms with E-state index in [9.17, 15) is 9.59 Å². The molecule has 6 nitrogen and oxygen atoms in total. The number of carbonyl (C=O) groups is 1. The molecule has 0 aliphatic carbocycles. The zero-order chi connectivity index (χ0) is 18.3. The molecule has 132 valence electrons. The topological polar surface area (TPSA) is 69.2 Å². The number of rotatable bonds is 4. The summed E-state index contributed by atoms with van der Waals surface area (Å²) < 4.78 is 8.82. The van der Waals surface area contributed by atoms with Gasteiger partial charge in [-0.1, -0.05) is 30.3 Å². The summed E-state index contributed by atoms with van der Waals surface area (Å²) in [7, 11) is 1.70. The van der Waals surface area contributed by atoms with Gasteiger partial charge in [0.2, 0.25) is 5.91 Å². The van der Waals surface area contributed by atoms with E-state index in [1.807, 2.05) is 61.5 Å². The number of para-hydroxylation sites is 3. The maximum absolute atomic E-state index is 12.5. The largest absolute Gasteiger partial charge is 0.459 e. The molecule has 2 aromatic heterocycles. The predicted molar refractivity (Wildman–Crippen MR) is 100.0 cm³/mol. The number of fused-ring (bicyclic) bond motifs is 2. The molecule has 0 bridgehead atoms. The molecule has 0 fully saturated rings. The maximum atomic E-state index is 12.5. The molecule has 0 radical (unpaired) electrons. The SMILES string of the molecule is C[C@H](NC(=O)Cn1c(=O)n(C)c2ccccc21)c1cc2ccccc2o1. The second-order valence-electron chi connectivity index (χ2n) is 6.39. The first kappa shape index (κ1) is 16.2. The van der Waals surface area contributed by atoms with Crippen molar-refractivity contribution in [3.63, 3.8) is 0 Å². The van der Waals surface area contributed by atoms with Gasteiger partial charge < -0.3 is 9.73 Å². The van der Waals surface area contributed by atoms with Crippen molar-refractivity contribution in [1.82, 2.24) is 14.5 Å². The van der Waals surface area contributed by atoms with E-state index in [1.54, 1.807) is 11.6 Å². The predicted octanol–water partition coefficient (Wildman–Crippen LogP) is 2.96. The number of benzene rings is 2. The lowest BCUT2D eigenvalue weighted by molar-refractivity contribution is -0.122. The number of furan rings is 1. The average Bonchev–Trinajstić information content (AvgIpc) is 3.18. The highest BCUT2D eigenvalue weighted by Crippen LogP contribution is 2.23. The fourth-order valence-electron chi connectivity index (χ4n) is 3.23. The molecule has 0 unspecified atom stereocenters. The first-order valence-corrected chi connectivity index (χ1v) is 8.46. The van der Waals surface area contributed by atoms with Gasteiger partial charge in [0.15, 0.2) is 0 Å². The van der Waals surface area contributed by atoms with Crippen molar-refractivity contribution in [3.05, 3.63) is 70.8 Å². The average molecular weight is 349 g/mol. The number of hydrogen-bond donors (Lipinski definition) is 1. The lowest BCUT2D eigenvalue weighted by Gasteiger charge is -2.11. The van der Waals surface area contributed by atoms with Gasteiger partial charge in [0, 0.05) is 12.4 Å². The number of nitrogens with zero attached hydrogens (tertiary/aromatic N) is 2. The van der Waals surface area contributed by atoms with Crippen LogP contribution < -0.4 is 11.0 Å². The smallest absolute Gasteiger partial charge is 0.329 e. The van der Waals surface area contributed by atoms with E-state index in [0.29, 0.717) is 5.76 Å². The molecule has 4 aromatic rings. The van der Waals surface area contributed by atoms with Gasteiger partial charge in [0.1, 0.15) is 17.9 Å². The van der Waals surface area contributed by atoms with Crippen LogP contribution in [0.5, 0.6) is 0 Å². The number of aromatic nitrogens is 2. The Labute approximate surface area is 149 Å². The Morgan fingerprint density at radius 1 is 1.12 bits per heavy atom. The molecule has 26 heavy (non-hydrogen) atoms. The van der Waals surface area contributed by atoms with Crippen molar-refractivity contribution in [1.29, 1.82) is 0 Å². The van der Waals surface area contributed by atoms with Crippen molar-refractivity contribution < 1.29 is 9.21 Å². The second-order valence-corrected chi connectivity index (χ2v) is 6.39. The van der Waals surface area contributed by atoms with Crippen LogP contribution in [0.4, 0.5) is 0 Å². The molecule has 2 aromatic carbocycles. The summed E-state index contributed by atoms with van der Waals surface area (Å²) in [5.74, 6) is 0.446. The van der Waals surface area contributed by atoms with Crippen LogP contribution in [0.2, 0.25) is 0 Å². The third-order valence-corrected chi connectivity index (χ3v) is 4.60. The molecular formula is C20H19N3O3. The highest BCUT2D eigenvalue weighted by atomic mass is 16.3. The van der Waals surface area contributed by atoms with Gasteiger partial charge in [-0.2, -0.15) is 0 Å². The van der Waals surface area contributed by atoms with Crippen LogP contribution >= 0.6 is 0 Å². The number of nitrogens with one attached hydrogen (secondary N) is 1. The van der Waals surface area contributed by atoms with Crippen LogP contribution in [-0.2, 0) is 18.4 Å². The lowest BCUT2D eigenvalue weighted by Crippen LogP contribution is -2.33. The molecule has 0 aliphatic heterocycles. The Hall–Kier alpha value is -3.28. The van der Waals surface area contributed by atoms with Crippen molar-refractivity contribution in [2.45, 2.75) is 19.5 Å². The van der Waals surface area contributed by atoms with Gasteiger partial charge in [0.25, 0.3) is 0 Å². The van der Waals surface area contributed by atoms with E-state index in [0.717, 1.165) is 22.0 Å². The molecule has 0 spiro atoms. The van der Waals surface area contributed by atoms with Gasteiger partial charge in [-0.15, -0.1) is 0 Å². The van der Waals surface area contributed by atoms with E-state index in [-0.39, 0.29) is 24.2 Å². The van der Waals surface area contributed by atoms with Gasteiger partial charge in [-0.3, -0.25) is 13.9 Å². The highest BCUT2D eigenvalue weighted by molar-refractivity contribution is 5.81. The highest BCUT2D eigenvalue weighted by Gasteiger charge is 2.17. The minimum absolute atomic E-state index is 0.0369. The lowest BCUT2D eigenvalue weighted by atomic mass is 10.2. The molecule has 1 N–H and O–H groups in total. The Bertz CT molecular complexity index is 1130. The molecule has 1 atom stereocenters. The fraction of sp³-hybridized carbons (Fsp3) is 0.200. The zero-order valence-electron chi connectivity index (χ0n) is 14.6. The van der Waals surface area contributed by atoms with E-state index >= 15 is 0 Å². The minimum Gasteiger partial charge on any atom is -0.459 e. The number of aryl methyl sites for hydroxylation is 1.